The number of hydrogen-bond donors (Lipinski definition) is 3. The molecule has 0 bridgehead atoms. The Balaban J connectivity index is -0.0000000302. The van der Waals surface area contributed by atoms with Crippen molar-refractivity contribution < 1.29 is 62.1 Å². The van der Waals surface area contributed by atoms with Crippen LogP contribution in [0.2, 0.25) is 0 Å². The standard InChI is InChI=1S/C9H20O2.C8H18O3.C8H18O2.C6H13NO2.C6H15NO.C6H14.C5H12O.CO2.10CH4/c1-3-9(10)7-5-6-8-11-4-2;1-3-5-10-6-7-11-8-9-4-2;1-3-5-6-7-10-8-9-4-2;1-3-5-9-6(8)7-4-2;1-3-7-5-6-8-4-2;1-4-6(3)5-2;1-3-5-6-4-2;2-1-3;;;;;;;;;;/h9-10H,3-8H2,1-2H3;3-8H2,1-2H3;3-8H2,1-2H3;3-5H2,1-2H3,(H,7,8);7H,3-6H2,1-2H3;6H,4-5H2,1-3H3;3-5H2,1-2H3;;10*1H4. The maximum absolute atomic E-state index is 10.5. The number of likely N-dealkylation sites (N-methyl/N-ethyl adjacent to an activating group) is 1. The highest BCUT2D eigenvalue weighted by Gasteiger charge is 1.99. The molecule has 0 aromatic carbocycles. The summed E-state index contributed by atoms with van der Waals surface area (Å²) in [6.07, 6.45) is 13.2. The summed E-state index contributed by atoms with van der Waals surface area (Å²) in [5, 5.41) is 14.9. The van der Waals surface area contributed by atoms with Gasteiger partial charge in [-0.2, -0.15) is 9.59 Å². The van der Waals surface area contributed by atoms with E-state index in [1.54, 1.807) is 0 Å². The largest absolute Gasteiger partial charge is 0.450 e. The first kappa shape index (κ1) is 125. The number of ether oxygens (including phenoxy) is 9. The van der Waals surface area contributed by atoms with E-state index in [0.717, 1.165) is 130 Å². The topological polar surface area (TPSA) is 179 Å². The van der Waals surface area contributed by atoms with Gasteiger partial charge in [0.2, 0.25) is 0 Å². The van der Waals surface area contributed by atoms with Gasteiger partial charge in [-0.3, -0.25) is 0 Å². The monoisotopic (exact) mass is 1100 g/mol. The van der Waals surface area contributed by atoms with E-state index < -0.39 is 0 Å². The second-order valence-electron chi connectivity index (χ2n) is 13.5. The lowest BCUT2D eigenvalue weighted by atomic mass is 10.1. The zero-order valence-electron chi connectivity index (χ0n) is 44.7. The third-order valence-electron chi connectivity index (χ3n) is 7.69. The Hall–Kier alpha value is -1.75. The minimum absolute atomic E-state index is 0. The molecule has 0 aliphatic heterocycles. The van der Waals surface area contributed by atoms with Crippen molar-refractivity contribution in [3.8, 4) is 0 Å². The Bertz CT molecular complexity index is 712. The molecule has 474 valence electrons. The molecule has 15 nitrogen and oxygen atoms in total. The summed E-state index contributed by atoms with van der Waals surface area (Å²) in [5.41, 5.74) is 0. The van der Waals surface area contributed by atoms with Crippen LogP contribution >= 0.6 is 0 Å². The van der Waals surface area contributed by atoms with E-state index in [4.69, 9.17) is 47.5 Å². The van der Waals surface area contributed by atoms with Crippen molar-refractivity contribution in [1.29, 1.82) is 0 Å². The Morgan fingerprint density at radius 3 is 1.16 bits per heavy atom. The minimum atomic E-state index is -0.320. The van der Waals surface area contributed by atoms with Crippen LogP contribution in [0.4, 0.5) is 4.79 Å². The average molecular weight is 1100 g/mol. The van der Waals surface area contributed by atoms with E-state index in [-0.39, 0.29) is 92.6 Å². The number of carbonyl (C=O) groups excluding carboxylic acids is 3. The van der Waals surface area contributed by atoms with E-state index in [1.165, 1.54) is 25.7 Å². The molecule has 0 spiro atoms. The van der Waals surface area contributed by atoms with Crippen LogP contribution in [0.1, 0.15) is 255 Å². The van der Waals surface area contributed by atoms with Gasteiger partial charge in [0.05, 0.1) is 32.5 Å². The van der Waals surface area contributed by atoms with E-state index in [9.17, 15) is 9.90 Å². The summed E-state index contributed by atoms with van der Waals surface area (Å²) >= 11 is 0. The van der Waals surface area contributed by atoms with Crippen LogP contribution < -0.4 is 10.6 Å². The molecule has 1 unspecified atom stereocenters. The summed E-state index contributed by atoms with van der Waals surface area (Å²) in [4.78, 5) is 26.7. The van der Waals surface area contributed by atoms with Gasteiger partial charge in [-0.1, -0.05) is 162 Å². The van der Waals surface area contributed by atoms with Gasteiger partial charge in [0.25, 0.3) is 0 Å². The van der Waals surface area contributed by atoms with Crippen molar-refractivity contribution in [3.63, 3.8) is 0 Å². The first-order chi connectivity index (χ1) is 31.0. The van der Waals surface area contributed by atoms with Gasteiger partial charge >= 0.3 is 12.2 Å². The second-order valence-corrected chi connectivity index (χ2v) is 13.5. The van der Waals surface area contributed by atoms with Gasteiger partial charge in [0.1, 0.15) is 13.6 Å². The molecule has 0 aromatic heterocycles. The highest BCUT2D eigenvalue weighted by atomic mass is 16.7. The molecule has 0 rings (SSSR count). The smallest absolute Gasteiger partial charge is 0.407 e. The molecule has 0 saturated heterocycles. The van der Waals surface area contributed by atoms with E-state index in [1.807, 2.05) is 55.4 Å². The van der Waals surface area contributed by atoms with Crippen LogP contribution in [0.3, 0.4) is 0 Å². The SMILES string of the molecule is C.C.C.C.C.C.C.C.C.C.CCC(C)CC.CCCCCOCOCC.CCCOC(=O)NCC.CCCOCC.CCCOCCOCOCC.CCNCCOCC.CCOCCCCC(O)CC.O=C=O. The van der Waals surface area contributed by atoms with Gasteiger partial charge in [-0.15, -0.1) is 0 Å². The predicted octanol–water partition coefficient (Wildman–Crippen LogP) is 17.0. The van der Waals surface area contributed by atoms with Gasteiger partial charge in [-0.25, -0.2) is 4.79 Å². The molecule has 0 fully saturated rings. The average Bonchev–Trinajstić information content (AvgIpc) is 3.31. The fourth-order valence-electron chi connectivity index (χ4n) is 3.59. The number of unbranched alkanes of at least 4 members (excludes halogenated alkanes) is 3. The summed E-state index contributed by atoms with van der Waals surface area (Å²) in [6, 6.07) is 0. The van der Waals surface area contributed by atoms with Crippen molar-refractivity contribution in [2.45, 2.75) is 261 Å². The highest BCUT2D eigenvalue weighted by Crippen LogP contribution is 2.04. The second kappa shape index (κ2) is 145. The summed E-state index contributed by atoms with van der Waals surface area (Å²) < 4.78 is 45.3. The number of rotatable bonds is 35. The number of aliphatic hydroxyl groups is 1. The van der Waals surface area contributed by atoms with Gasteiger partial charge in [0.15, 0.2) is 0 Å². The van der Waals surface area contributed by atoms with Crippen LogP contribution in [0.5, 0.6) is 0 Å². The van der Waals surface area contributed by atoms with Crippen LogP contribution in [0.15, 0.2) is 0 Å². The quantitative estimate of drug-likeness (QED) is 0.0403. The molecule has 0 saturated carbocycles. The molecule has 0 heterocycles. The van der Waals surface area contributed by atoms with Crippen molar-refractivity contribution in [2.24, 2.45) is 5.92 Å². The van der Waals surface area contributed by atoms with Crippen LogP contribution in [-0.4, -0.2) is 143 Å². The van der Waals surface area contributed by atoms with Crippen LogP contribution in [-0.2, 0) is 52.2 Å². The van der Waals surface area contributed by atoms with Crippen LogP contribution in [0, 0.1) is 5.92 Å². The maximum atomic E-state index is 10.5. The fourth-order valence-corrected chi connectivity index (χ4v) is 3.59. The molecule has 3 N–H and O–H groups in total. The van der Waals surface area contributed by atoms with E-state index in [0.29, 0.717) is 46.6 Å². The molecular weight excluding hydrogens is 945 g/mol. The van der Waals surface area contributed by atoms with Gasteiger partial charge in [-0.05, 0) is 105 Å². The van der Waals surface area contributed by atoms with E-state index in [2.05, 4.69) is 63.8 Å². The highest BCUT2D eigenvalue weighted by molar-refractivity contribution is 5.66. The summed E-state index contributed by atoms with van der Waals surface area (Å²) in [7, 11) is 0. The Morgan fingerprint density at radius 1 is 0.432 bits per heavy atom. The number of aliphatic hydroxyl groups excluding tert-OH is 1. The minimum Gasteiger partial charge on any atom is -0.450 e. The first-order valence-corrected chi connectivity index (χ1v) is 24.9. The molecule has 15 heteroatoms. The molecule has 0 aromatic rings. The zero-order chi connectivity index (χ0) is 50.4. The number of nitrogens with one attached hydrogen (secondary N) is 2. The zero-order valence-corrected chi connectivity index (χ0v) is 44.7. The van der Waals surface area contributed by atoms with Crippen molar-refractivity contribution in [1.82, 2.24) is 10.6 Å². The third kappa shape index (κ3) is 198. The van der Waals surface area contributed by atoms with Gasteiger partial charge in [0, 0.05) is 72.6 Å². The normalized spacial score (nSPS) is 8.66. The molecule has 1 atom stereocenters. The van der Waals surface area contributed by atoms with Gasteiger partial charge < -0.3 is 58.4 Å². The lowest BCUT2D eigenvalue weighted by Gasteiger charge is -2.06. The molecule has 0 aliphatic rings. The van der Waals surface area contributed by atoms with Crippen molar-refractivity contribution in [2.75, 3.05) is 119 Å². The maximum Gasteiger partial charge on any atom is 0.407 e. The first-order valence-electron chi connectivity index (χ1n) is 24.9. The predicted molar refractivity (Wildman–Crippen MR) is 331 cm³/mol. The lowest BCUT2D eigenvalue weighted by Crippen LogP contribution is -2.23. The number of carbonyl (C=O) groups is 1. The fraction of sp³-hybridized carbons (Fsp3) is 0.966. The Labute approximate surface area is 469 Å². The molecular formula is C59H150N2O13. The molecule has 0 aliphatic carbocycles. The molecule has 74 heavy (non-hydrogen) atoms. The van der Waals surface area contributed by atoms with Crippen LogP contribution in [0.25, 0.3) is 0 Å². The third-order valence-corrected chi connectivity index (χ3v) is 7.69. The Kier molecular flexibility index (Phi) is 244. The number of hydrogen-bond acceptors (Lipinski definition) is 14. The Morgan fingerprint density at radius 2 is 0.811 bits per heavy atom. The molecule has 1 amide bonds. The summed E-state index contributed by atoms with van der Waals surface area (Å²) in [5.74, 6) is 0.935. The number of amides is 1. The summed E-state index contributed by atoms with van der Waals surface area (Å²) in [6.45, 7) is 44.4. The van der Waals surface area contributed by atoms with E-state index >= 15 is 0 Å². The van der Waals surface area contributed by atoms with Crippen molar-refractivity contribution >= 4 is 12.2 Å². The number of alkyl carbamates (subject to hydrolysis) is 1. The lowest BCUT2D eigenvalue weighted by molar-refractivity contribution is -0.191. The molecule has 0 radical (unpaired) electrons. The van der Waals surface area contributed by atoms with Crippen molar-refractivity contribution in [3.05, 3.63) is 0 Å².